The minimum Gasteiger partial charge on any atom is -0.376 e. The average Bonchev–Trinajstić information content (AvgIpc) is 3.17. The van der Waals surface area contributed by atoms with Gasteiger partial charge in [0.1, 0.15) is 11.9 Å². The number of fused-ring (bicyclic) bond motifs is 1. The molecular formula is C18H25N3O3. The first-order chi connectivity index (χ1) is 11.7. The Hall–Kier alpha value is -1.92. The largest absolute Gasteiger partial charge is 0.376 e. The molecule has 1 aliphatic heterocycles. The van der Waals surface area contributed by atoms with E-state index in [4.69, 9.17) is 9.47 Å². The van der Waals surface area contributed by atoms with Gasteiger partial charge in [0, 0.05) is 26.0 Å². The number of carbonyl (C=O) groups excluding carboxylic acids is 1. The van der Waals surface area contributed by atoms with Gasteiger partial charge in [-0.05, 0) is 19.1 Å². The first-order valence-electron chi connectivity index (χ1n) is 8.65. The predicted octanol–water partition coefficient (Wildman–Crippen LogP) is 1.91. The summed E-state index contributed by atoms with van der Waals surface area (Å²) in [7, 11) is 0. The highest BCUT2D eigenvalue weighted by Crippen LogP contribution is 2.17. The molecule has 0 spiro atoms. The maximum absolute atomic E-state index is 12.3. The van der Waals surface area contributed by atoms with E-state index in [2.05, 4.69) is 27.9 Å². The molecule has 0 unspecified atom stereocenters. The second-order valence-electron chi connectivity index (χ2n) is 5.98. The van der Waals surface area contributed by atoms with Gasteiger partial charge < -0.3 is 19.4 Å². The fourth-order valence-corrected chi connectivity index (χ4v) is 3.18. The van der Waals surface area contributed by atoms with Crippen molar-refractivity contribution in [3.8, 4) is 0 Å². The molecule has 1 fully saturated rings. The Kier molecular flexibility index (Phi) is 5.48. The molecule has 0 saturated carbocycles. The van der Waals surface area contributed by atoms with Gasteiger partial charge in [-0.25, -0.2) is 4.98 Å². The van der Waals surface area contributed by atoms with E-state index < -0.39 is 0 Å². The van der Waals surface area contributed by atoms with E-state index in [0.29, 0.717) is 32.8 Å². The summed E-state index contributed by atoms with van der Waals surface area (Å²) in [5, 5.41) is 3.04. The van der Waals surface area contributed by atoms with Crippen molar-refractivity contribution in [2.45, 2.75) is 45.4 Å². The van der Waals surface area contributed by atoms with Crippen molar-refractivity contribution in [1.29, 1.82) is 0 Å². The second kappa shape index (κ2) is 7.77. The van der Waals surface area contributed by atoms with Crippen LogP contribution in [0.4, 0.5) is 0 Å². The zero-order valence-electron chi connectivity index (χ0n) is 14.3. The number of aromatic nitrogens is 2. The van der Waals surface area contributed by atoms with Crippen molar-refractivity contribution in [3.63, 3.8) is 0 Å². The molecule has 2 atom stereocenters. The number of nitrogens with zero attached hydrogens (tertiary/aromatic N) is 2. The summed E-state index contributed by atoms with van der Waals surface area (Å²) in [5.74, 6) is 1.04. The fraction of sp³-hybridized carbons (Fsp3) is 0.556. The number of imidazole rings is 1. The van der Waals surface area contributed by atoms with E-state index in [1.165, 1.54) is 0 Å². The van der Waals surface area contributed by atoms with Crippen LogP contribution in [0.1, 0.15) is 26.1 Å². The lowest BCUT2D eigenvalue weighted by molar-refractivity contribution is -0.122. The van der Waals surface area contributed by atoms with Gasteiger partial charge in [0.25, 0.3) is 0 Å². The van der Waals surface area contributed by atoms with Gasteiger partial charge in [-0.2, -0.15) is 0 Å². The molecule has 1 saturated heterocycles. The van der Waals surface area contributed by atoms with Crippen molar-refractivity contribution >= 4 is 16.9 Å². The Balaban J connectivity index is 1.62. The topological polar surface area (TPSA) is 65.4 Å². The number of para-hydroxylation sites is 2. The minimum absolute atomic E-state index is 0.0232. The summed E-state index contributed by atoms with van der Waals surface area (Å²) in [4.78, 5) is 17.0. The Morgan fingerprint density at radius 3 is 3.00 bits per heavy atom. The molecule has 2 heterocycles. The lowest BCUT2D eigenvalue weighted by Gasteiger charge is -2.19. The minimum atomic E-state index is -0.0531. The Labute approximate surface area is 142 Å². The molecule has 130 valence electrons. The second-order valence-corrected chi connectivity index (χ2v) is 5.98. The molecule has 6 heteroatoms. The average molecular weight is 331 g/mol. The van der Waals surface area contributed by atoms with Crippen LogP contribution in [0, 0.1) is 0 Å². The molecule has 1 aromatic carbocycles. The van der Waals surface area contributed by atoms with Gasteiger partial charge in [0.2, 0.25) is 5.91 Å². The molecule has 6 nitrogen and oxygen atoms in total. The Bertz CT molecular complexity index is 698. The number of hydrogen-bond acceptors (Lipinski definition) is 4. The number of nitrogens with one attached hydrogen (secondary N) is 1. The number of ether oxygens (including phenoxy) is 2. The van der Waals surface area contributed by atoms with E-state index in [1.807, 2.05) is 25.1 Å². The van der Waals surface area contributed by atoms with Crippen LogP contribution in [-0.4, -0.2) is 47.4 Å². The highest BCUT2D eigenvalue weighted by Gasteiger charge is 2.29. The number of carbonyl (C=O) groups is 1. The van der Waals surface area contributed by atoms with Crippen molar-refractivity contribution in [2.24, 2.45) is 0 Å². The molecule has 0 aliphatic carbocycles. The van der Waals surface area contributed by atoms with E-state index in [1.54, 1.807) is 0 Å². The number of amides is 1. The van der Waals surface area contributed by atoms with E-state index in [9.17, 15) is 4.79 Å². The van der Waals surface area contributed by atoms with Gasteiger partial charge in [0.15, 0.2) is 0 Å². The summed E-state index contributed by atoms with van der Waals surface area (Å²) in [5.41, 5.74) is 2.06. The molecule has 0 bridgehead atoms. The summed E-state index contributed by atoms with van der Waals surface area (Å²) in [6.45, 7) is 6.35. The number of benzene rings is 1. The molecule has 1 N–H and O–H groups in total. The van der Waals surface area contributed by atoms with Gasteiger partial charge >= 0.3 is 0 Å². The summed E-state index contributed by atoms with van der Waals surface area (Å²) in [6.07, 6.45) is 1.22. The molecule has 0 radical (unpaired) electrons. The maximum Gasteiger partial charge on any atom is 0.222 e. The lowest BCUT2D eigenvalue weighted by Crippen LogP contribution is -2.44. The maximum atomic E-state index is 12.3. The number of rotatable bonds is 7. The van der Waals surface area contributed by atoms with Crippen molar-refractivity contribution in [2.75, 3.05) is 19.8 Å². The third-order valence-electron chi connectivity index (χ3n) is 4.37. The normalized spacial score (nSPS) is 20.6. The first kappa shape index (κ1) is 16.9. The predicted molar refractivity (Wildman–Crippen MR) is 91.9 cm³/mol. The zero-order valence-corrected chi connectivity index (χ0v) is 14.3. The van der Waals surface area contributed by atoms with Gasteiger partial charge in [-0.15, -0.1) is 0 Å². The molecule has 2 aromatic rings. The van der Waals surface area contributed by atoms with Crippen molar-refractivity contribution in [3.05, 3.63) is 30.1 Å². The molecule has 1 amide bonds. The Morgan fingerprint density at radius 2 is 2.21 bits per heavy atom. The van der Waals surface area contributed by atoms with Crippen LogP contribution in [0.5, 0.6) is 0 Å². The van der Waals surface area contributed by atoms with Crippen molar-refractivity contribution in [1.82, 2.24) is 14.9 Å². The zero-order chi connectivity index (χ0) is 16.9. The summed E-state index contributed by atoms with van der Waals surface area (Å²) >= 11 is 0. The van der Waals surface area contributed by atoms with E-state index in [-0.39, 0.29) is 18.1 Å². The third kappa shape index (κ3) is 3.60. The highest BCUT2D eigenvalue weighted by atomic mass is 16.5. The van der Waals surface area contributed by atoms with E-state index >= 15 is 0 Å². The van der Waals surface area contributed by atoms with Gasteiger partial charge in [0.05, 0.1) is 30.3 Å². The summed E-state index contributed by atoms with van der Waals surface area (Å²) in [6, 6.07) is 7.99. The first-order valence-corrected chi connectivity index (χ1v) is 8.65. The quantitative estimate of drug-likeness (QED) is 0.842. The van der Waals surface area contributed by atoms with Crippen LogP contribution < -0.4 is 5.32 Å². The molecule has 3 rings (SSSR count). The molecule has 1 aliphatic rings. The van der Waals surface area contributed by atoms with E-state index in [0.717, 1.165) is 23.3 Å². The van der Waals surface area contributed by atoms with Crippen LogP contribution in [0.2, 0.25) is 0 Å². The van der Waals surface area contributed by atoms with Crippen LogP contribution in [0.15, 0.2) is 24.3 Å². The molecule has 1 aromatic heterocycles. The third-order valence-corrected chi connectivity index (χ3v) is 4.37. The number of hydrogen-bond donors (Lipinski definition) is 1. The van der Waals surface area contributed by atoms with Crippen LogP contribution in [0.3, 0.4) is 0 Å². The van der Waals surface area contributed by atoms with Crippen LogP contribution in [-0.2, 0) is 27.2 Å². The number of aryl methyl sites for hydroxylation is 2. The SMILES string of the molecule is CCO[C@@H]1COC[C@H]1NC(=O)CCn1c(CC)nc2ccccc21. The summed E-state index contributed by atoms with van der Waals surface area (Å²) < 4.78 is 13.2. The molecule has 24 heavy (non-hydrogen) atoms. The lowest BCUT2D eigenvalue weighted by atomic mass is 10.2. The standard InChI is InChI=1S/C18H25N3O3/c1-3-17-19-13-7-5-6-8-15(13)21(17)10-9-18(22)20-14-11-23-12-16(14)24-4-2/h5-8,14,16H,3-4,9-12H2,1-2H3,(H,20,22)/t14-,16-/m1/s1. The van der Waals surface area contributed by atoms with Gasteiger partial charge in [-0.3, -0.25) is 4.79 Å². The van der Waals surface area contributed by atoms with Crippen LogP contribution >= 0.6 is 0 Å². The van der Waals surface area contributed by atoms with Crippen LogP contribution in [0.25, 0.3) is 11.0 Å². The Morgan fingerprint density at radius 1 is 1.38 bits per heavy atom. The monoisotopic (exact) mass is 331 g/mol. The highest BCUT2D eigenvalue weighted by molar-refractivity contribution is 5.78. The smallest absolute Gasteiger partial charge is 0.222 e. The fourth-order valence-electron chi connectivity index (χ4n) is 3.18. The van der Waals surface area contributed by atoms with Gasteiger partial charge in [-0.1, -0.05) is 19.1 Å². The van der Waals surface area contributed by atoms with Crippen molar-refractivity contribution < 1.29 is 14.3 Å². The molecular weight excluding hydrogens is 306 g/mol.